The summed E-state index contributed by atoms with van der Waals surface area (Å²) >= 11 is 0. The molecule has 84 valence electrons. The second-order valence-electron chi connectivity index (χ2n) is 2.94. The molecule has 4 heteroatoms. The summed E-state index contributed by atoms with van der Waals surface area (Å²) in [4.78, 5) is 25.4. The van der Waals surface area contributed by atoms with Gasteiger partial charge in [0.25, 0.3) is 5.91 Å². The Morgan fingerprint density at radius 1 is 1.25 bits per heavy atom. The topological polar surface area (TPSA) is 76.0 Å². The van der Waals surface area contributed by atoms with Crippen LogP contribution in [0.4, 0.5) is 0 Å². The first-order chi connectivity index (χ1) is 7.70. The first-order valence-electron chi connectivity index (χ1n) is 5.10. The number of hydrogen-bond donors (Lipinski definition) is 2. The quantitative estimate of drug-likeness (QED) is 0.763. The van der Waals surface area contributed by atoms with E-state index in [1.165, 1.54) is 6.20 Å². The van der Waals surface area contributed by atoms with Crippen molar-refractivity contribution in [2.45, 2.75) is 13.8 Å². The maximum absolute atomic E-state index is 11.6. The van der Waals surface area contributed by atoms with Crippen LogP contribution in [0.5, 0.6) is 0 Å². The number of nitrogens with one attached hydrogen (secondary N) is 1. The van der Waals surface area contributed by atoms with Crippen molar-refractivity contribution in [3.63, 3.8) is 0 Å². The number of carbonyl (C=O) groups excluding carboxylic acids is 1. The van der Waals surface area contributed by atoms with E-state index in [0.29, 0.717) is 10.9 Å². The highest BCUT2D eigenvalue weighted by atomic mass is 16.2. The van der Waals surface area contributed by atoms with E-state index in [0.717, 1.165) is 0 Å². The zero-order valence-electron chi connectivity index (χ0n) is 9.28. The number of aromatic nitrogens is 1. The predicted octanol–water partition coefficient (Wildman–Crippen LogP) is 1.65. The third kappa shape index (κ3) is 2.11. The summed E-state index contributed by atoms with van der Waals surface area (Å²) in [5.41, 5.74) is 5.41. The lowest BCUT2D eigenvalue weighted by molar-refractivity contribution is 0.0999. The molecule has 0 aliphatic heterocycles. The molecule has 1 heterocycles. The molecule has 0 saturated heterocycles. The van der Waals surface area contributed by atoms with Gasteiger partial charge in [-0.15, -0.1) is 0 Å². The van der Waals surface area contributed by atoms with Gasteiger partial charge in [0.2, 0.25) is 5.43 Å². The molecule has 2 aromatic rings. The van der Waals surface area contributed by atoms with E-state index >= 15 is 0 Å². The average molecular weight is 218 g/mol. The Balaban J connectivity index is 0.000000606. The van der Waals surface area contributed by atoms with Crippen LogP contribution in [-0.4, -0.2) is 10.9 Å². The molecule has 1 amide bonds. The highest BCUT2D eigenvalue weighted by Gasteiger charge is 2.08. The van der Waals surface area contributed by atoms with Crippen molar-refractivity contribution in [2.24, 2.45) is 5.73 Å². The molecule has 0 aliphatic rings. The van der Waals surface area contributed by atoms with Gasteiger partial charge in [-0.2, -0.15) is 0 Å². The van der Waals surface area contributed by atoms with Crippen LogP contribution in [0.25, 0.3) is 10.9 Å². The lowest BCUT2D eigenvalue weighted by atomic mass is 10.1. The standard InChI is InChI=1S/C10H8N2O2.C2H6/c11-10(14)7-5-12-8-4-2-1-3-6(8)9(7)13;1-2/h1-5H,(H2,11,14)(H,12,13);1-2H3. The number of para-hydroxylation sites is 1. The third-order valence-electron chi connectivity index (χ3n) is 2.05. The van der Waals surface area contributed by atoms with Crippen molar-refractivity contribution in [1.29, 1.82) is 0 Å². The highest BCUT2D eigenvalue weighted by Crippen LogP contribution is 2.06. The summed E-state index contributed by atoms with van der Waals surface area (Å²) in [6.45, 7) is 4.00. The molecule has 1 aromatic carbocycles. The fourth-order valence-corrected chi connectivity index (χ4v) is 1.35. The van der Waals surface area contributed by atoms with E-state index in [1.807, 2.05) is 19.9 Å². The number of amides is 1. The van der Waals surface area contributed by atoms with Gasteiger partial charge in [0.1, 0.15) is 5.56 Å². The zero-order chi connectivity index (χ0) is 12.1. The second kappa shape index (κ2) is 5.11. The van der Waals surface area contributed by atoms with Gasteiger partial charge in [0, 0.05) is 17.1 Å². The van der Waals surface area contributed by atoms with E-state index in [4.69, 9.17) is 5.73 Å². The fourth-order valence-electron chi connectivity index (χ4n) is 1.35. The molecule has 4 nitrogen and oxygen atoms in total. The van der Waals surface area contributed by atoms with E-state index in [1.54, 1.807) is 18.2 Å². The van der Waals surface area contributed by atoms with Crippen molar-refractivity contribution in [1.82, 2.24) is 4.98 Å². The van der Waals surface area contributed by atoms with Gasteiger partial charge in [-0.25, -0.2) is 0 Å². The number of benzene rings is 1. The van der Waals surface area contributed by atoms with Crippen molar-refractivity contribution in [2.75, 3.05) is 0 Å². The van der Waals surface area contributed by atoms with Crippen molar-refractivity contribution in [3.05, 3.63) is 46.2 Å². The average Bonchev–Trinajstić information content (AvgIpc) is 2.32. The summed E-state index contributed by atoms with van der Waals surface area (Å²) in [5, 5.41) is 0.476. The van der Waals surface area contributed by atoms with Gasteiger partial charge in [-0.05, 0) is 12.1 Å². The highest BCUT2D eigenvalue weighted by molar-refractivity contribution is 5.95. The summed E-state index contributed by atoms with van der Waals surface area (Å²) in [7, 11) is 0. The largest absolute Gasteiger partial charge is 0.365 e. The maximum atomic E-state index is 11.6. The number of aromatic amines is 1. The molecule has 3 N–H and O–H groups in total. The number of rotatable bonds is 1. The molecule has 0 unspecified atom stereocenters. The monoisotopic (exact) mass is 218 g/mol. The normalized spacial score (nSPS) is 9.38. The smallest absolute Gasteiger partial charge is 0.254 e. The maximum Gasteiger partial charge on any atom is 0.254 e. The number of H-pyrrole nitrogens is 1. The summed E-state index contributed by atoms with van der Waals surface area (Å²) in [6, 6.07) is 6.96. The molecule has 0 atom stereocenters. The SMILES string of the molecule is CC.NC(=O)c1c[nH]c2ccccc2c1=O. The molecule has 2 rings (SSSR count). The minimum absolute atomic E-state index is 0.0105. The van der Waals surface area contributed by atoms with Crippen LogP contribution in [0, 0.1) is 0 Å². The Kier molecular flexibility index (Phi) is 3.83. The van der Waals surface area contributed by atoms with Gasteiger partial charge in [0.05, 0.1) is 0 Å². The van der Waals surface area contributed by atoms with Gasteiger partial charge >= 0.3 is 0 Å². The number of carbonyl (C=O) groups is 1. The Morgan fingerprint density at radius 2 is 1.88 bits per heavy atom. The van der Waals surface area contributed by atoms with Crippen LogP contribution in [0.2, 0.25) is 0 Å². The third-order valence-corrected chi connectivity index (χ3v) is 2.05. The van der Waals surface area contributed by atoms with Crippen molar-refractivity contribution >= 4 is 16.8 Å². The Bertz CT molecular complexity index is 558. The molecule has 0 aliphatic carbocycles. The van der Waals surface area contributed by atoms with Crippen LogP contribution >= 0.6 is 0 Å². The van der Waals surface area contributed by atoms with Crippen molar-refractivity contribution < 1.29 is 4.79 Å². The van der Waals surface area contributed by atoms with Gasteiger partial charge in [-0.1, -0.05) is 26.0 Å². The zero-order valence-corrected chi connectivity index (χ0v) is 9.28. The first-order valence-corrected chi connectivity index (χ1v) is 5.10. The van der Waals surface area contributed by atoms with Crippen LogP contribution in [0.15, 0.2) is 35.3 Å². The molecule has 0 saturated carbocycles. The summed E-state index contributed by atoms with van der Waals surface area (Å²) < 4.78 is 0. The van der Waals surface area contributed by atoms with Crippen LogP contribution in [-0.2, 0) is 0 Å². The molecule has 0 spiro atoms. The number of nitrogens with two attached hydrogens (primary N) is 1. The Morgan fingerprint density at radius 3 is 2.50 bits per heavy atom. The molecule has 1 aromatic heterocycles. The van der Waals surface area contributed by atoms with E-state index in [2.05, 4.69) is 4.98 Å². The van der Waals surface area contributed by atoms with Gasteiger partial charge in [0.15, 0.2) is 0 Å². The minimum atomic E-state index is -0.711. The molecular formula is C12H14N2O2. The molecule has 0 fully saturated rings. The summed E-state index contributed by atoms with van der Waals surface area (Å²) in [5.74, 6) is -0.711. The Labute approximate surface area is 93.1 Å². The number of fused-ring (bicyclic) bond motifs is 1. The predicted molar refractivity (Wildman–Crippen MR) is 64.4 cm³/mol. The fraction of sp³-hybridized carbons (Fsp3) is 0.167. The number of pyridine rings is 1. The van der Waals surface area contributed by atoms with Gasteiger partial charge in [-0.3, -0.25) is 9.59 Å². The minimum Gasteiger partial charge on any atom is -0.365 e. The lowest BCUT2D eigenvalue weighted by Gasteiger charge is -1.98. The van der Waals surface area contributed by atoms with E-state index < -0.39 is 5.91 Å². The van der Waals surface area contributed by atoms with Crippen molar-refractivity contribution in [3.8, 4) is 0 Å². The van der Waals surface area contributed by atoms with Crippen LogP contribution in [0.1, 0.15) is 24.2 Å². The Hall–Kier alpha value is -2.10. The van der Waals surface area contributed by atoms with E-state index in [9.17, 15) is 9.59 Å². The van der Waals surface area contributed by atoms with Crippen LogP contribution < -0.4 is 11.2 Å². The lowest BCUT2D eigenvalue weighted by Crippen LogP contribution is -2.21. The van der Waals surface area contributed by atoms with E-state index in [-0.39, 0.29) is 11.0 Å². The molecular weight excluding hydrogens is 204 g/mol. The summed E-state index contributed by atoms with van der Waals surface area (Å²) in [6.07, 6.45) is 1.34. The molecule has 0 bridgehead atoms. The first kappa shape index (κ1) is 12.0. The molecule has 0 radical (unpaired) electrons. The number of hydrogen-bond acceptors (Lipinski definition) is 2. The van der Waals surface area contributed by atoms with Crippen LogP contribution in [0.3, 0.4) is 0 Å². The molecule has 16 heavy (non-hydrogen) atoms. The number of primary amides is 1. The second-order valence-corrected chi connectivity index (χ2v) is 2.94. The van der Waals surface area contributed by atoms with Gasteiger partial charge < -0.3 is 10.7 Å².